The summed E-state index contributed by atoms with van der Waals surface area (Å²) in [7, 11) is -6.51. The number of carboxylic acids is 1. The summed E-state index contributed by atoms with van der Waals surface area (Å²) in [6.07, 6.45) is 19.7. The second-order valence-corrected chi connectivity index (χ2v) is 21.3. The van der Waals surface area contributed by atoms with Crippen LogP contribution in [0.15, 0.2) is 9.05 Å². The Morgan fingerprint density at radius 2 is 1.12 bits per heavy atom. The fraction of sp³-hybridized carbons (Fsp3) is 0.850. The number of hydrogen-bond donors (Lipinski definition) is 1. The van der Waals surface area contributed by atoms with Gasteiger partial charge in [-0.2, -0.15) is 9.97 Å². The number of carbonyl (C=O) groups is 2. The highest BCUT2D eigenvalue weighted by Crippen LogP contribution is 2.33. The smallest absolute Gasteiger partial charge is 0.307 e. The number of ether oxygens (including phenoxy) is 1. The Labute approximate surface area is 334 Å². The molecule has 2 aliphatic carbocycles. The molecule has 0 spiro atoms. The van der Waals surface area contributed by atoms with Crippen LogP contribution in [0, 0.1) is 11.8 Å². The van der Waals surface area contributed by atoms with Crippen LogP contribution in [0.25, 0.3) is 0 Å². The molecule has 2 aromatic heterocycles. The highest BCUT2D eigenvalue weighted by molar-refractivity contribution is 7.90. The van der Waals surface area contributed by atoms with Crippen molar-refractivity contribution < 1.29 is 45.3 Å². The molecule has 2 aliphatic rings. The molecule has 2 fully saturated rings. The van der Waals surface area contributed by atoms with Crippen LogP contribution >= 0.6 is 0 Å². The molecule has 4 rings (SSSR count). The van der Waals surface area contributed by atoms with Crippen LogP contribution in [0.3, 0.4) is 0 Å². The molecule has 0 radical (unpaired) electrons. The Bertz CT molecular complexity index is 1670. The number of hydrogen-bond acceptors (Lipinski definition) is 13. The van der Waals surface area contributed by atoms with E-state index in [2.05, 4.69) is 20.3 Å². The fourth-order valence-corrected chi connectivity index (χ4v) is 10.4. The van der Waals surface area contributed by atoms with Gasteiger partial charge in [0.25, 0.3) is 0 Å². The van der Waals surface area contributed by atoms with Gasteiger partial charge in [0.05, 0.1) is 24.3 Å². The van der Waals surface area contributed by atoms with E-state index >= 15 is 0 Å². The maximum Gasteiger partial charge on any atom is 0.307 e. The van der Waals surface area contributed by atoms with E-state index in [4.69, 9.17) is 13.8 Å². The zero-order chi connectivity index (χ0) is 41.2. The van der Waals surface area contributed by atoms with Gasteiger partial charge in [0.1, 0.15) is 17.1 Å². The van der Waals surface area contributed by atoms with Gasteiger partial charge in [-0.25, -0.2) is 16.8 Å². The lowest BCUT2D eigenvalue weighted by molar-refractivity contribution is -0.155. The number of nitrogens with zero attached hydrogens (tertiary/aromatic N) is 4. The van der Waals surface area contributed by atoms with Crippen LogP contribution in [0.5, 0.6) is 0 Å². The number of sulfone groups is 2. The van der Waals surface area contributed by atoms with Gasteiger partial charge in [-0.1, -0.05) is 114 Å². The van der Waals surface area contributed by atoms with Crippen LogP contribution in [0.2, 0.25) is 0 Å². The van der Waals surface area contributed by atoms with Gasteiger partial charge in [-0.3, -0.25) is 9.59 Å². The Balaban J connectivity index is 0.000000303. The minimum Gasteiger partial charge on any atom is -0.481 e. The molecule has 14 nitrogen and oxygen atoms in total. The van der Waals surface area contributed by atoms with Gasteiger partial charge in [-0.05, 0) is 58.3 Å². The molecule has 56 heavy (non-hydrogen) atoms. The van der Waals surface area contributed by atoms with Crippen LogP contribution in [-0.2, 0) is 45.5 Å². The SMILES string of the molecule is CCCS(=O)(=O)Cc1noc([C@H](CCCC2CCCCC2)CC(=O)O)n1.CCCS(=O)(=O)Cc1noc([C@H](CCCC2CCCCC2)CC(=O)OC(C)(C)C)n1. The summed E-state index contributed by atoms with van der Waals surface area (Å²) in [6, 6.07) is 0. The van der Waals surface area contributed by atoms with Crippen molar-refractivity contribution in [1.29, 1.82) is 0 Å². The Kier molecular flexibility index (Phi) is 19.9. The second kappa shape index (κ2) is 23.5. The van der Waals surface area contributed by atoms with Gasteiger partial charge in [0, 0.05) is 11.8 Å². The molecular formula is C40H68N4O10S2. The van der Waals surface area contributed by atoms with Crippen LogP contribution in [0.1, 0.15) is 198 Å². The maximum absolute atomic E-state index is 12.4. The lowest BCUT2D eigenvalue weighted by Crippen LogP contribution is -2.25. The minimum absolute atomic E-state index is 0.0754. The molecule has 0 aliphatic heterocycles. The third kappa shape index (κ3) is 19.0. The van der Waals surface area contributed by atoms with E-state index in [1.165, 1.54) is 64.2 Å². The quantitative estimate of drug-likeness (QED) is 0.110. The molecule has 2 atom stereocenters. The zero-order valence-electron chi connectivity index (χ0n) is 34.5. The average molecular weight is 829 g/mol. The van der Waals surface area contributed by atoms with E-state index in [1.807, 2.05) is 27.7 Å². The number of carboxylic acid groups (broad SMARTS) is 1. The summed E-state index contributed by atoms with van der Waals surface area (Å²) in [5.74, 6) is 0.248. The molecule has 0 amide bonds. The second-order valence-electron chi connectivity index (χ2n) is 16.9. The van der Waals surface area contributed by atoms with E-state index in [0.717, 1.165) is 43.9 Å². The van der Waals surface area contributed by atoms with Gasteiger partial charge >= 0.3 is 11.9 Å². The first kappa shape index (κ1) is 47.5. The van der Waals surface area contributed by atoms with Crippen molar-refractivity contribution in [2.45, 2.75) is 192 Å². The minimum atomic E-state index is -3.25. The summed E-state index contributed by atoms with van der Waals surface area (Å²) in [6.45, 7) is 9.14. The summed E-state index contributed by atoms with van der Waals surface area (Å²) in [5.41, 5.74) is -0.558. The van der Waals surface area contributed by atoms with Crippen LogP contribution in [0.4, 0.5) is 0 Å². The van der Waals surface area contributed by atoms with E-state index in [9.17, 15) is 31.5 Å². The molecule has 2 heterocycles. The largest absolute Gasteiger partial charge is 0.481 e. The Hall–Kier alpha value is -2.88. The molecule has 16 heteroatoms. The Morgan fingerprint density at radius 1 is 0.714 bits per heavy atom. The standard InChI is InChI=1S/C22H38N2O5S.C18H30N2O5S/c1-5-14-30(26,27)16-19-23-21(29-24-19)18(15-20(25)28-22(2,3)4)13-9-12-17-10-7-6-8-11-17;1-2-11-26(23,24)13-16-19-18(25-20-16)15(12-17(21)22)10-6-9-14-7-4-3-5-8-14/h17-18H,5-16H2,1-4H3;14-15H,2-13H2,1H3,(H,21,22)/t18-;15-/m11/s1. The third-order valence-corrected chi connectivity index (χ3v) is 13.9. The molecule has 320 valence electrons. The predicted molar refractivity (Wildman–Crippen MR) is 213 cm³/mol. The molecule has 0 unspecified atom stereocenters. The molecule has 2 saturated carbocycles. The van der Waals surface area contributed by atoms with Gasteiger partial charge in [0.2, 0.25) is 11.8 Å². The summed E-state index contributed by atoms with van der Waals surface area (Å²) in [5, 5.41) is 16.8. The predicted octanol–water partition coefficient (Wildman–Crippen LogP) is 8.66. The number of aromatic nitrogens is 4. The van der Waals surface area contributed by atoms with Gasteiger partial charge in [0.15, 0.2) is 31.3 Å². The van der Waals surface area contributed by atoms with Crippen LogP contribution < -0.4 is 0 Å². The number of esters is 1. The van der Waals surface area contributed by atoms with Crippen molar-refractivity contribution >= 4 is 31.6 Å². The molecule has 2 aromatic rings. The van der Waals surface area contributed by atoms with Crippen molar-refractivity contribution in [2.75, 3.05) is 11.5 Å². The number of rotatable bonds is 22. The lowest BCUT2D eigenvalue weighted by atomic mass is 9.84. The van der Waals surface area contributed by atoms with E-state index < -0.39 is 31.2 Å². The first-order valence-corrected chi connectivity index (χ1v) is 24.6. The molecule has 0 saturated heterocycles. The maximum atomic E-state index is 12.4. The monoisotopic (exact) mass is 828 g/mol. The number of carbonyl (C=O) groups excluding carboxylic acids is 1. The van der Waals surface area contributed by atoms with Crippen molar-refractivity contribution in [1.82, 2.24) is 20.3 Å². The first-order chi connectivity index (χ1) is 26.5. The fourth-order valence-electron chi connectivity index (χ4n) is 7.82. The normalized spacial score (nSPS) is 17.2. The van der Waals surface area contributed by atoms with Crippen LogP contribution in [-0.4, -0.2) is 71.3 Å². The molecular weight excluding hydrogens is 761 g/mol. The van der Waals surface area contributed by atoms with Crippen molar-refractivity contribution in [3.05, 3.63) is 23.4 Å². The van der Waals surface area contributed by atoms with Gasteiger partial charge in [-0.15, -0.1) is 0 Å². The van der Waals surface area contributed by atoms with E-state index in [0.29, 0.717) is 25.2 Å². The average Bonchev–Trinajstić information content (AvgIpc) is 3.77. The van der Waals surface area contributed by atoms with E-state index in [1.54, 1.807) is 6.92 Å². The summed E-state index contributed by atoms with van der Waals surface area (Å²) in [4.78, 5) is 32.1. The highest BCUT2D eigenvalue weighted by atomic mass is 32.2. The van der Waals surface area contributed by atoms with Gasteiger partial charge < -0.3 is 18.9 Å². The zero-order valence-corrected chi connectivity index (χ0v) is 36.1. The number of aliphatic carboxylic acids is 1. The third-order valence-electron chi connectivity index (χ3n) is 10.4. The van der Waals surface area contributed by atoms with Crippen molar-refractivity contribution in [3.8, 4) is 0 Å². The molecule has 0 bridgehead atoms. The topological polar surface area (TPSA) is 210 Å². The van der Waals surface area contributed by atoms with E-state index in [-0.39, 0.29) is 71.2 Å². The Morgan fingerprint density at radius 3 is 1.50 bits per heavy atom. The lowest BCUT2D eigenvalue weighted by Gasteiger charge is -2.23. The highest BCUT2D eigenvalue weighted by Gasteiger charge is 2.28. The molecule has 0 aromatic carbocycles. The van der Waals surface area contributed by atoms with Crippen molar-refractivity contribution in [3.63, 3.8) is 0 Å². The summed E-state index contributed by atoms with van der Waals surface area (Å²) < 4.78 is 64.0. The van der Waals surface area contributed by atoms with Crippen molar-refractivity contribution in [2.24, 2.45) is 11.8 Å². The first-order valence-electron chi connectivity index (χ1n) is 21.0. The summed E-state index contributed by atoms with van der Waals surface area (Å²) >= 11 is 0. The molecule has 1 N–H and O–H groups in total.